The third kappa shape index (κ3) is 5.45. The Bertz CT molecular complexity index is 1300. The van der Waals surface area contributed by atoms with Crippen LogP contribution in [0.2, 0.25) is 0 Å². The molecule has 3 aromatic carbocycles. The Morgan fingerprint density at radius 3 is 2.18 bits per heavy atom. The van der Waals surface area contributed by atoms with Crippen LogP contribution in [0.4, 0.5) is 5.69 Å². The number of sulfonamides is 1. The van der Waals surface area contributed by atoms with Crippen LogP contribution in [-0.4, -0.2) is 19.3 Å². The van der Waals surface area contributed by atoms with Gasteiger partial charge in [-0.3, -0.25) is 14.5 Å². The number of rotatable bonds is 7. The van der Waals surface area contributed by atoms with E-state index in [1.165, 1.54) is 12.1 Å². The topological polar surface area (TPSA) is 88.2 Å². The molecule has 1 heterocycles. The summed E-state index contributed by atoms with van der Waals surface area (Å²) in [6, 6.07) is 25.9. The van der Waals surface area contributed by atoms with E-state index >= 15 is 0 Å². The van der Waals surface area contributed by atoms with Crippen molar-refractivity contribution < 1.29 is 13.2 Å². The maximum absolute atomic E-state index is 13.1. The molecule has 0 fully saturated rings. The second kappa shape index (κ2) is 9.67. The summed E-state index contributed by atoms with van der Waals surface area (Å²) in [4.78, 5) is 17.2. The van der Waals surface area contributed by atoms with Crippen molar-refractivity contribution in [3.63, 3.8) is 0 Å². The smallest absolute Gasteiger partial charge is 0.261 e. The SMILES string of the molecule is Cc1ccc(NS(=O)(=O)c2cccc(C(=O)NC(c3ccccc3)c3ccncc3)c2)cc1. The molecule has 0 saturated heterocycles. The summed E-state index contributed by atoms with van der Waals surface area (Å²) in [5.74, 6) is -0.381. The van der Waals surface area contributed by atoms with Crippen LogP contribution in [0.5, 0.6) is 0 Å². The van der Waals surface area contributed by atoms with Crippen LogP contribution in [0.3, 0.4) is 0 Å². The van der Waals surface area contributed by atoms with Gasteiger partial charge in [0.2, 0.25) is 0 Å². The summed E-state index contributed by atoms with van der Waals surface area (Å²) in [5.41, 5.74) is 3.50. The number of benzene rings is 3. The van der Waals surface area contributed by atoms with Crippen molar-refractivity contribution in [3.8, 4) is 0 Å². The van der Waals surface area contributed by atoms with E-state index in [0.717, 1.165) is 16.7 Å². The fraction of sp³-hybridized carbons (Fsp3) is 0.0769. The minimum absolute atomic E-state index is 0.0101. The van der Waals surface area contributed by atoms with Gasteiger partial charge in [-0.2, -0.15) is 0 Å². The Balaban J connectivity index is 1.59. The van der Waals surface area contributed by atoms with E-state index in [1.807, 2.05) is 61.5 Å². The largest absolute Gasteiger partial charge is 0.341 e. The molecule has 0 radical (unpaired) electrons. The van der Waals surface area contributed by atoms with E-state index < -0.39 is 16.1 Å². The maximum atomic E-state index is 13.1. The molecule has 7 heteroatoms. The minimum Gasteiger partial charge on any atom is -0.341 e. The molecule has 33 heavy (non-hydrogen) atoms. The van der Waals surface area contributed by atoms with Crippen LogP contribution in [0, 0.1) is 6.92 Å². The monoisotopic (exact) mass is 457 g/mol. The normalized spacial score (nSPS) is 12.0. The van der Waals surface area contributed by atoms with Gasteiger partial charge in [0.25, 0.3) is 15.9 Å². The molecule has 6 nitrogen and oxygen atoms in total. The predicted molar refractivity (Wildman–Crippen MR) is 128 cm³/mol. The van der Waals surface area contributed by atoms with Crippen LogP contribution >= 0.6 is 0 Å². The lowest BCUT2D eigenvalue weighted by atomic mass is 9.99. The molecular formula is C26H23N3O3S. The number of nitrogens with one attached hydrogen (secondary N) is 2. The standard InChI is InChI=1S/C26H23N3O3S/c1-19-10-12-23(13-11-19)29-33(31,32)24-9-5-8-22(18-24)26(30)28-25(20-6-3-2-4-7-20)21-14-16-27-17-15-21/h2-18,25,29H,1H3,(H,28,30). The van der Waals surface area contributed by atoms with E-state index in [4.69, 9.17) is 0 Å². The van der Waals surface area contributed by atoms with Crippen LogP contribution in [0.15, 0.2) is 108 Å². The van der Waals surface area contributed by atoms with E-state index in [2.05, 4.69) is 15.0 Å². The predicted octanol–water partition coefficient (Wildman–Crippen LogP) is 4.71. The highest BCUT2D eigenvalue weighted by molar-refractivity contribution is 7.92. The van der Waals surface area contributed by atoms with Gasteiger partial charge in [-0.25, -0.2) is 8.42 Å². The molecule has 1 aromatic heterocycles. The van der Waals surface area contributed by atoms with E-state index in [0.29, 0.717) is 5.69 Å². The van der Waals surface area contributed by atoms with E-state index in [-0.39, 0.29) is 16.4 Å². The Labute approximate surface area is 193 Å². The van der Waals surface area contributed by atoms with Crippen molar-refractivity contribution in [3.05, 3.63) is 126 Å². The van der Waals surface area contributed by atoms with Crippen molar-refractivity contribution in [2.45, 2.75) is 17.9 Å². The number of aryl methyl sites for hydroxylation is 1. The minimum atomic E-state index is -3.85. The molecule has 0 aliphatic heterocycles. The average Bonchev–Trinajstić information content (AvgIpc) is 2.85. The first-order chi connectivity index (χ1) is 15.9. The van der Waals surface area contributed by atoms with Crippen molar-refractivity contribution in [1.29, 1.82) is 0 Å². The summed E-state index contributed by atoms with van der Waals surface area (Å²) in [6.45, 7) is 1.93. The first kappa shape index (κ1) is 22.2. The zero-order valence-electron chi connectivity index (χ0n) is 18.0. The lowest BCUT2D eigenvalue weighted by molar-refractivity contribution is 0.0942. The third-order valence-corrected chi connectivity index (χ3v) is 6.54. The first-order valence-electron chi connectivity index (χ1n) is 10.4. The molecule has 1 atom stereocenters. The number of nitrogens with zero attached hydrogens (tertiary/aromatic N) is 1. The van der Waals surface area contributed by atoms with Gasteiger partial charge in [-0.05, 0) is 60.5 Å². The molecule has 0 spiro atoms. The Morgan fingerprint density at radius 2 is 1.48 bits per heavy atom. The molecule has 0 saturated carbocycles. The van der Waals surface area contributed by atoms with Gasteiger partial charge in [-0.1, -0.05) is 54.1 Å². The Kier molecular flexibility index (Phi) is 6.51. The van der Waals surface area contributed by atoms with Crippen molar-refractivity contribution in [1.82, 2.24) is 10.3 Å². The highest BCUT2D eigenvalue weighted by atomic mass is 32.2. The molecule has 0 bridgehead atoms. The van der Waals surface area contributed by atoms with Crippen LogP contribution in [0.25, 0.3) is 0 Å². The lowest BCUT2D eigenvalue weighted by Gasteiger charge is -2.20. The fourth-order valence-corrected chi connectivity index (χ4v) is 4.52. The summed E-state index contributed by atoms with van der Waals surface area (Å²) in [6.07, 6.45) is 3.34. The summed E-state index contributed by atoms with van der Waals surface area (Å²) in [5, 5.41) is 3.02. The average molecular weight is 458 g/mol. The van der Waals surface area contributed by atoms with Crippen molar-refractivity contribution in [2.24, 2.45) is 0 Å². The lowest BCUT2D eigenvalue weighted by Crippen LogP contribution is -2.29. The number of pyridine rings is 1. The summed E-state index contributed by atoms with van der Waals surface area (Å²) in [7, 11) is -3.85. The van der Waals surface area contributed by atoms with Gasteiger partial charge in [0.05, 0.1) is 10.9 Å². The Morgan fingerprint density at radius 1 is 0.818 bits per heavy atom. The number of hydrogen-bond donors (Lipinski definition) is 2. The van der Waals surface area contributed by atoms with Crippen molar-refractivity contribution in [2.75, 3.05) is 4.72 Å². The van der Waals surface area contributed by atoms with Gasteiger partial charge in [0.15, 0.2) is 0 Å². The van der Waals surface area contributed by atoms with Gasteiger partial charge >= 0.3 is 0 Å². The highest BCUT2D eigenvalue weighted by Gasteiger charge is 2.20. The van der Waals surface area contributed by atoms with Crippen LogP contribution < -0.4 is 10.0 Å². The molecule has 0 aliphatic carbocycles. The first-order valence-corrected chi connectivity index (χ1v) is 11.9. The second-order valence-electron chi connectivity index (χ2n) is 7.60. The van der Waals surface area contributed by atoms with Gasteiger partial charge in [0.1, 0.15) is 0 Å². The van der Waals surface area contributed by atoms with Crippen molar-refractivity contribution >= 4 is 21.6 Å². The van der Waals surface area contributed by atoms with Crippen LogP contribution in [0.1, 0.15) is 33.1 Å². The maximum Gasteiger partial charge on any atom is 0.261 e. The number of hydrogen-bond acceptors (Lipinski definition) is 4. The molecule has 2 N–H and O–H groups in total. The number of carbonyl (C=O) groups is 1. The molecule has 4 aromatic rings. The van der Waals surface area contributed by atoms with Gasteiger partial charge < -0.3 is 5.32 Å². The number of amides is 1. The third-order valence-electron chi connectivity index (χ3n) is 5.16. The highest BCUT2D eigenvalue weighted by Crippen LogP contribution is 2.23. The molecular weight excluding hydrogens is 434 g/mol. The van der Waals surface area contributed by atoms with E-state index in [1.54, 1.807) is 36.7 Å². The molecule has 1 amide bonds. The van der Waals surface area contributed by atoms with Crippen LogP contribution in [-0.2, 0) is 10.0 Å². The molecule has 1 unspecified atom stereocenters. The Hall–Kier alpha value is -3.97. The zero-order valence-corrected chi connectivity index (χ0v) is 18.8. The number of carbonyl (C=O) groups excluding carboxylic acids is 1. The zero-order chi connectivity index (χ0) is 23.3. The summed E-state index contributed by atoms with van der Waals surface area (Å²) < 4.78 is 28.3. The fourth-order valence-electron chi connectivity index (χ4n) is 3.42. The second-order valence-corrected chi connectivity index (χ2v) is 9.28. The molecule has 4 rings (SSSR count). The number of aromatic nitrogens is 1. The molecule has 166 valence electrons. The number of anilines is 1. The molecule has 0 aliphatic rings. The summed E-state index contributed by atoms with van der Waals surface area (Å²) >= 11 is 0. The quantitative estimate of drug-likeness (QED) is 0.421. The van der Waals surface area contributed by atoms with Gasteiger partial charge in [0, 0.05) is 23.6 Å². The van der Waals surface area contributed by atoms with E-state index in [9.17, 15) is 13.2 Å². The van der Waals surface area contributed by atoms with Gasteiger partial charge in [-0.15, -0.1) is 0 Å².